The molecule has 0 saturated carbocycles. The summed E-state index contributed by atoms with van der Waals surface area (Å²) in [7, 11) is -1.16. The summed E-state index contributed by atoms with van der Waals surface area (Å²) in [5.41, 5.74) is 1.40. The third-order valence-corrected chi connectivity index (χ3v) is 5.53. The molecule has 0 spiro atoms. The summed E-state index contributed by atoms with van der Waals surface area (Å²) in [6, 6.07) is 13.1. The van der Waals surface area contributed by atoms with Crippen molar-refractivity contribution < 1.29 is 18.0 Å². The van der Waals surface area contributed by atoms with Gasteiger partial charge >= 0.3 is 0 Å². The first-order chi connectivity index (χ1) is 11.8. The van der Waals surface area contributed by atoms with E-state index in [0.717, 1.165) is 10.0 Å². The van der Waals surface area contributed by atoms with Crippen molar-refractivity contribution in [2.24, 2.45) is 0 Å². The first-order valence-electron chi connectivity index (χ1n) is 7.50. The molecule has 0 aliphatic rings. The molecule has 2 aromatic rings. The highest BCUT2D eigenvalue weighted by Gasteiger charge is 2.20. The zero-order valence-corrected chi connectivity index (χ0v) is 15.5. The van der Waals surface area contributed by atoms with E-state index >= 15 is 0 Å². The predicted octanol–water partition coefficient (Wildman–Crippen LogP) is 2.49. The lowest BCUT2D eigenvalue weighted by atomic mass is 10.1. The normalized spacial score (nSPS) is 11.5. The van der Waals surface area contributed by atoms with Gasteiger partial charge in [0.15, 0.2) is 0 Å². The van der Waals surface area contributed by atoms with Gasteiger partial charge in [-0.05, 0) is 48.4 Å². The molecule has 0 heterocycles. The maximum Gasteiger partial charge on any atom is 0.264 e. The molecule has 0 aliphatic carbocycles. The van der Waals surface area contributed by atoms with E-state index in [2.05, 4.69) is 5.32 Å². The van der Waals surface area contributed by atoms with Crippen molar-refractivity contribution in [1.82, 2.24) is 9.79 Å². The summed E-state index contributed by atoms with van der Waals surface area (Å²) in [6.07, 6.45) is 0.650. The largest absolute Gasteiger partial charge is 0.352 e. The molecule has 0 bridgehead atoms. The number of sulfonamides is 1. The Morgan fingerprint density at radius 2 is 1.88 bits per heavy atom. The highest BCUT2D eigenvalue weighted by Crippen LogP contribution is 2.15. The van der Waals surface area contributed by atoms with Crippen LogP contribution in [0.4, 0.5) is 0 Å². The topological polar surface area (TPSA) is 75.7 Å². The van der Waals surface area contributed by atoms with Crippen LogP contribution in [0.5, 0.6) is 0 Å². The van der Waals surface area contributed by atoms with Crippen LogP contribution in [0.3, 0.4) is 0 Å². The fraction of sp³-hybridized carbons (Fsp3) is 0.235. The number of halogens is 1. The maximum absolute atomic E-state index is 12.1. The molecule has 2 rings (SSSR count). The highest BCUT2D eigenvalue weighted by atomic mass is 35.5. The van der Waals surface area contributed by atoms with Gasteiger partial charge in [0.05, 0.1) is 12.0 Å². The van der Waals surface area contributed by atoms with Gasteiger partial charge in [-0.25, -0.2) is 8.42 Å². The Kier molecular flexibility index (Phi) is 6.55. The van der Waals surface area contributed by atoms with E-state index in [9.17, 15) is 13.2 Å². The van der Waals surface area contributed by atoms with Gasteiger partial charge in [-0.15, -0.1) is 0 Å². The third-order valence-electron chi connectivity index (χ3n) is 3.60. The monoisotopic (exact) mass is 382 g/mol. The van der Waals surface area contributed by atoms with Gasteiger partial charge in [-0.3, -0.25) is 9.63 Å². The summed E-state index contributed by atoms with van der Waals surface area (Å²) in [4.78, 5) is 16.9. The van der Waals surface area contributed by atoms with Crippen LogP contribution in [0.15, 0.2) is 53.4 Å². The average Bonchev–Trinajstić information content (AvgIpc) is 2.61. The SMILES string of the molecule is CON(C)S(=O)(=O)c1ccc(C(=O)NCCc2cccc(Cl)c2)cc1. The van der Waals surface area contributed by atoms with Crippen molar-refractivity contribution >= 4 is 27.5 Å². The van der Waals surface area contributed by atoms with Gasteiger partial charge in [-0.2, -0.15) is 0 Å². The fourth-order valence-corrected chi connectivity index (χ4v) is 3.33. The summed E-state index contributed by atoms with van der Waals surface area (Å²) in [5, 5.41) is 3.45. The predicted molar refractivity (Wildman–Crippen MR) is 95.9 cm³/mol. The molecule has 0 aliphatic heterocycles. The number of hydrogen-bond acceptors (Lipinski definition) is 4. The van der Waals surface area contributed by atoms with Gasteiger partial charge < -0.3 is 5.32 Å². The van der Waals surface area contributed by atoms with Gasteiger partial charge in [0.2, 0.25) is 0 Å². The Morgan fingerprint density at radius 3 is 2.48 bits per heavy atom. The Balaban J connectivity index is 1.96. The maximum atomic E-state index is 12.1. The van der Waals surface area contributed by atoms with Crippen LogP contribution >= 0.6 is 11.6 Å². The number of nitrogens with one attached hydrogen (secondary N) is 1. The molecule has 0 atom stereocenters. The Morgan fingerprint density at radius 1 is 1.20 bits per heavy atom. The van der Waals surface area contributed by atoms with E-state index in [1.165, 1.54) is 38.4 Å². The van der Waals surface area contributed by atoms with E-state index < -0.39 is 10.0 Å². The molecule has 1 amide bonds. The Hall–Kier alpha value is -1.93. The molecule has 0 radical (unpaired) electrons. The highest BCUT2D eigenvalue weighted by molar-refractivity contribution is 7.89. The van der Waals surface area contributed by atoms with Crippen LogP contribution in [0.25, 0.3) is 0 Å². The number of rotatable bonds is 7. The van der Waals surface area contributed by atoms with E-state index in [0.29, 0.717) is 23.6 Å². The number of hydrogen-bond donors (Lipinski definition) is 1. The van der Waals surface area contributed by atoms with E-state index in [4.69, 9.17) is 16.4 Å². The number of benzene rings is 2. The van der Waals surface area contributed by atoms with Crippen LogP contribution in [0.1, 0.15) is 15.9 Å². The minimum absolute atomic E-state index is 0.0485. The zero-order chi connectivity index (χ0) is 18.4. The average molecular weight is 383 g/mol. The Labute approximate surface area is 152 Å². The van der Waals surface area contributed by atoms with E-state index in [1.54, 1.807) is 6.07 Å². The number of amides is 1. The van der Waals surface area contributed by atoms with Crippen molar-refractivity contribution in [3.63, 3.8) is 0 Å². The number of carbonyl (C=O) groups excluding carboxylic acids is 1. The molecule has 0 aromatic heterocycles. The summed E-state index contributed by atoms with van der Waals surface area (Å²) < 4.78 is 24.9. The first-order valence-corrected chi connectivity index (χ1v) is 9.32. The standard InChI is InChI=1S/C17H19ClN2O4S/c1-20(24-2)25(22,23)16-8-6-14(7-9-16)17(21)19-11-10-13-4-3-5-15(18)12-13/h3-9,12H,10-11H2,1-2H3,(H,19,21). The van der Waals surface area contributed by atoms with E-state index in [-0.39, 0.29) is 10.8 Å². The quantitative estimate of drug-likeness (QED) is 0.746. The number of nitrogens with zero attached hydrogens (tertiary/aromatic N) is 1. The van der Waals surface area contributed by atoms with Crippen molar-refractivity contribution in [1.29, 1.82) is 0 Å². The van der Waals surface area contributed by atoms with Gasteiger partial charge in [0.1, 0.15) is 0 Å². The molecular weight excluding hydrogens is 364 g/mol. The van der Waals surface area contributed by atoms with Crippen molar-refractivity contribution in [3.8, 4) is 0 Å². The van der Waals surface area contributed by atoms with Crippen LogP contribution in [0.2, 0.25) is 5.02 Å². The first kappa shape index (κ1) is 19.4. The van der Waals surface area contributed by atoms with Crippen molar-refractivity contribution in [2.45, 2.75) is 11.3 Å². The number of hydroxylamine groups is 1. The lowest BCUT2D eigenvalue weighted by molar-refractivity contribution is -0.0258. The van der Waals surface area contributed by atoms with Crippen LogP contribution in [-0.2, 0) is 21.3 Å². The number of carbonyl (C=O) groups is 1. The molecule has 6 nitrogen and oxygen atoms in total. The van der Waals surface area contributed by atoms with Crippen molar-refractivity contribution in [3.05, 3.63) is 64.7 Å². The molecular formula is C17H19ClN2O4S. The molecule has 8 heteroatoms. The molecule has 134 valence electrons. The van der Waals surface area contributed by atoms with Crippen LogP contribution in [-0.4, -0.2) is 39.5 Å². The summed E-state index contributed by atoms with van der Waals surface area (Å²) in [5.74, 6) is -0.272. The Bertz CT molecular complexity index is 838. The second kappa shape index (κ2) is 8.44. The molecule has 0 unspecified atom stereocenters. The molecule has 0 saturated heterocycles. The summed E-state index contributed by atoms with van der Waals surface area (Å²) >= 11 is 5.92. The lowest BCUT2D eigenvalue weighted by Crippen LogP contribution is -2.27. The van der Waals surface area contributed by atoms with E-state index in [1.807, 2.05) is 18.2 Å². The minimum Gasteiger partial charge on any atom is -0.352 e. The molecule has 2 aromatic carbocycles. The lowest BCUT2D eigenvalue weighted by Gasteiger charge is -2.14. The van der Waals surface area contributed by atoms with Gasteiger partial charge in [0.25, 0.3) is 15.9 Å². The third kappa shape index (κ3) is 5.02. The second-order valence-electron chi connectivity index (χ2n) is 5.26. The fourth-order valence-electron chi connectivity index (χ4n) is 2.14. The van der Waals surface area contributed by atoms with Crippen molar-refractivity contribution in [2.75, 3.05) is 20.7 Å². The smallest absolute Gasteiger partial charge is 0.264 e. The zero-order valence-electron chi connectivity index (χ0n) is 13.9. The van der Waals surface area contributed by atoms with Gasteiger partial charge in [0, 0.05) is 24.2 Å². The molecule has 25 heavy (non-hydrogen) atoms. The van der Waals surface area contributed by atoms with Gasteiger partial charge in [-0.1, -0.05) is 28.2 Å². The molecule has 1 N–H and O–H groups in total. The molecule has 0 fully saturated rings. The second-order valence-corrected chi connectivity index (χ2v) is 7.63. The minimum atomic E-state index is -3.72. The summed E-state index contributed by atoms with van der Waals surface area (Å²) in [6.45, 7) is 0.450. The van der Waals surface area contributed by atoms with Crippen LogP contribution < -0.4 is 5.32 Å². The van der Waals surface area contributed by atoms with Crippen LogP contribution in [0, 0.1) is 0 Å².